The molecule has 0 aliphatic rings. The average Bonchev–Trinajstić information content (AvgIpc) is 2.34. The summed E-state index contributed by atoms with van der Waals surface area (Å²) in [5.41, 5.74) is 2.65. The molecule has 2 heteroatoms. The molecule has 1 N–H and O–H groups in total. The van der Waals surface area contributed by atoms with Crippen LogP contribution in [0.5, 0.6) is 0 Å². The Hall–Kier alpha value is -1.12. The van der Waals surface area contributed by atoms with E-state index < -0.39 is 0 Å². The first kappa shape index (κ1) is 12.9. The monoisotopic (exact) mass is 219 g/mol. The molecule has 0 fully saturated rings. The van der Waals surface area contributed by atoms with Gasteiger partial charge < -0.3 is 10.1 Å². The Bertz CT molecular complexity index is 306. The van der Waals surface area contributed by atoms with Crippen LogP contribution in [0.1, 0.15) is 18.9 Å². The van der Waals surface area contributed by atoms with Crippen LogP contribution < -0.4 is 5.32 Å². The van der Waals surface area contributed by atoms with Gasteiger partial charge in [-0.3, -0.25) is 0 Å². The summed E-state index contributed by atoms with van der Waals surface area (Å²) in [7, 11) is 1.72. The van der Waals surface area contributed by atoms with Gasteiger partial charge in [-0.1, -0.05) is 36.4 Å². The molecule has 0 spiro atoms. The van der Waals surface area contributed by atoms with Crippen molar-refractivity contribution < 1.29 is 4.74 Å². The highest BCUT2D eigenvalue weighted by atomic mass is 16.5. The van der Waals surface area contributed by atoms with Crippen LogP contribution in [-0.2, 0) is 4.74 Å². The zero-order valence-corrected chi connectivity index (χ0v) is 10.2. The lowest BCUT2D eigenvalue weighted by atomic mass is 10.1. The highest BCUT2D eigenvalue weighted by molar-refractivity contribution is 5.63. The minimum absolute atomic E-state index is 0.779. The van der Waals surface area contributed by atoms with E-state index in [2.05, 4.69) is 42.6 Å². The molecule has 0 atom stereocenters. The third kappa shape index (κ3) is 5.10. The molecule has 0 saturated carbocycles. The van der Waals surface area contributed by atoms with Gasteiger partial charge in [-0.2, -0.15) is 0 Å². The van der Waals surface area contributed by atoms with Crippen molar-refractivity contribution in [2.24, 2.45) is 0 Å². The van der Waals surface area contributed by atoms with Gasteiger partial charge in [-0.15, -0.1) is 0 Å². The van der Waals surface area contributed by atoms with Crippen LogP contribution in [0, 0.1) is 0 Å². The normalized spacial score (nSPS) is 11.8. The van der Waals surface area contributed by atoms with E-state index in [1.54, 1.807) is 7.11 Å². The maximum absolute atomic E-state index is 4.96. The highest BCUT2D eigenvalue weighted by Gasteiger charge is 1.92. The van der Waals surface area contributed by atoms with Gasteiger partial charge in [-0.25, -0.2) is 0 Å². The van der Waals surface area contributed by atoms with E-state index in [1.165, 1.54) is 11.1 Å². The lowest BCUT2D eigenvalue weighted by Crippen LogP contribution is -2.19. The topological polar surface area (TPSA) is 21.3 Å². The molecule has 0 aliphatic heterocycles. The van der Waals surface area contributed by atoms with Crippen molar-refractivity contribution in [2.45, 2.75) is 13.3 Å². The summed E-state index contributed by atoms with van der Waals surface area (Å²) in [5.74, 6) is 0. The molecule has 0 amide bonds. The minimum Gasteiger partial charge on any atom is -0.383 e. The maximum atomic E-state index is 4.96. The summed E-state index contributed by atoms with van der Waals surface area (Å²) < 4.78 is 4.96. The molecule has 0 bridgehead atoms. The van der Waals surface area contributed by atoms with Gasteiger partial charge in [0.25, 0.3) is 0 Å². The predicted octanol–water partition coefficient (Wildman–Crippen LogP) is 2.72. The molecule has 88 valence electrons. The summed E-state index contributed by atoms with van der Waals surface area (Å²) in [4.78, 5) is 0. The van der Waals surface area contributed by atoms with Gasteiger partial charge in [0, 0.05) is 13.7 Å². The number of hydrogen-bond acceptors (Lipinski definition) is 2. The molecule has 0 aromatic heterocycles. The van der Waals surface area contributed by atoms with Crippen molar-refractivity contribution in [2.75, 3.05) is 26.8 Å². The van der Waals surface area contributed by atoms with Gasteiger partial charge >= 0.3 is 0 Å². The van der Waals surface area contributed by atoms with Gasteiger partial charge in [0.15, 0.2) is 0 Å². The first-order valence-electron chi connectivity index (χ1n) is 5.76. The summed E-state index contributed by atoms with van der Waals surface area (Å²) in [6, 6.07) is 10.5. The Morgan fingerprint density at radius 1 is 1.25 bits per heavy atom. The third-order valence-electron chi connectivity index (χ3n) is 2.48. The van der Waals surface area contributed by atoms with Crippen LogP contribution in [0.4, 0.5) is 0 Å². The summed E-state index contributed by atoms with van der Waals surface area (Å²) in [6.07, 6.45) is 3.33. The number of ether oxygens (including phenoxy) is 1. The molecule has 1 aromatic carbocycles. The zero-order valence-electron chi connectivity index (χ0n) is 10.2. The molecule has 0 unspecified atom stereocenters. The van der Waals surface area contributed by atoms with Crippen molar-refractivity contribution >= 4 is 5.57 Å². The Balaban J connectivity index is 2.24. The van der Waals surface area contributed by atoms with Crippen molar-refractivity contribution in [3.8, 4) is 0 Å². The van der Waals surface area contributed by atoms with E-state index in [9.17, 15) is 0 Å². The SMILES string of the molecule is COCCNCCC=C(C)c1ccccc1. The number of rotatable bonds is 7. The number of nitrogens with one attached hydrogen (secondary N) is 1. The Labute approximate surface area is 98.3 Å². The quantitative estimate of drug-likeness (QED) is 0.712. The molecule has 0 aliphatic carbocycles. The van der Waals surface area contributed by atoms with Gasteiger partial charge in [0.1, 0.15) is 0 Å². The molecule has 2 nitrogen and oxygen atoms in total. The standard InChI is InChI=1S/C14H21NO/c1-13(14-8-4-3-5-9-14)7-6-10-15-11-12-16-2/h3-5,7-9,15H,6,10-12H2,1-2H3. The second-order valence-electron chi connectivity index (χ2n) is 3.78. The fourth-order valence-corrected chi connectivity index (χ4v) is 1.51. The summed E-state index contributed by atoms with van der Waals surface area (Å²) in [5, 5.41) is 3.32. The van der Waals surface area contributed by atoms with Crippen LogP contribution in [-0.4, -0.2) is 26.8 Å². The number of benzene rings is 1. The lowest BCUT2D eigenvalue weighted by Gasteiger charge is -2.03. The van der Waals surface area contributed by atoms with Crippen LogP contribution >= 0.6 is 0 Å². The molecular weight excluding hydrogens is 198 g/mol. The van der Waals surface area contributed by atoms with Gasteiger partial charge in [0.05, 0.1) is 6.61 Å². The van der Waals surface area contributed by atoms with E-state index in [-0.39, 0.29) is 0 Å². The van der Waals surface area contributed by atoms with Gasteiger partial charge in [0.2, 0.25) is 0 Å². The predicted molar refractivity (Wildman–Crippen MR) is 69.5 cm³/mol. The maximum Gasteiger partial charge on any atom is 0.0587 e. The first-order valence-corrected chi connectivity index (χ1v) is 5.76. The Kier molecular flexibility index (Phi) is 6.54. The number of allylic oxidation sites excluding steroid dienone is 1. The lowest BCUT2D eigenvalue weighted by molar-refractivity contribution is 0.199. The van der Waals surface area contributed by atoms with E-state index in [4.69, 9.17) is 4.74 Å². The van der Waals surface area contributed by atoms with Crippen LogP contribution in [0.3, 0.4) is 0 Å². The second-order valence-corrected chi connectivity index (χ2v) is 3.78. The fraction of sp³-hybridized carbons (Fsp3) is 0.429. The van der Waals surface area contributed by atoms with E-state index in [1.807, 2.05) is 6.07 Å². The van der Waals surface area contributed by atoms with Crippen LogP contribution in [0.2, 0.25) is 0 Å². The van der Waals surface area contributed by atoms with E-state index in [0.29, 0.717) is 0 Å². The summed E-state index contributed by atoms with van der Waals surface area (Å²) >= 11 is 0. The Morgan fingerprint density at radius 2 is 2.00 bits per heavy atom. The molecule has 1 rings (SSSR count). The van der Waals surface area contributed by atoms with Crippen molar-refractivity contribution in [3.63, 3.8) is 0 Å². The largest absolute Gasteiger partial charge is 0.383 e. The Morgan fingerprint density at radius 3 is 2.69 bits per heavy atom. The smallest absolute Gasteiger partial charge is 0.0587 e. The number of methoxy groups -OCH3 is 1. The van der Waals surface area contributed by atoms with Crippen molar-refractivity contribution in [1.29, 1.82) is 0 Å². The molecule has 16 heavy (non-hydrogen) atoms. The van der Waals surface area contributed by atoms with Crippen LogP contribution in [0.25, 0.3) is 5.57 Å². The third-order valence-corrected chi connectivity index (χ3v) is 2.48. The molecule has 0 radical (unpaired) electrons. The molecular formula is C14H21NO. The van der Waals surface area contributed by atoms with Gasteiger partial charge in [-0.05, 0) is 31.0 Å². The molecule has 1 aromatic rings. The van der Waals surface area contributed by atoms with E-state index in [0.717, 1.165) is 26.1 Å². The first-order chi connectivity index (χ1) is 7.84. The molecule has 0 heterocycles. The van der Waals surface area contributed by atoms with Crippen molar-refractivity contribution in [3.05, 3.63) is 42.0 Å². The number of hydrogen-bond donors (Lipinski definition) is 1. The summed E-state index contributed by atoms with van der Waals surface area (Å²) in [6.45, 7) is 4.87. The van der Waals surface area contributed by atoms with E-state index >= 15 is 0 Å². The second kappa shape index (κ2) is 8.08. The van der Waals surface area contributed by atoms with Crippen LogP contribution in [0.15, 0.2) is 36.4 Å². The molecule has 0 saturated heterocycles. The fourth-order valence-electron chi connectivity index (χ4n) is 1.51. The minimum atomic E-state index is 0.779. The van der Waals surface area contributed by atoms with Crippen molar-refractivity contribution in [1.82, 2.24) is 5.32 Å². The average molecular weight is 219 g/mol. The zero-order chi connectivity index (χ0) is 11.6. The highest BCUT2D eigenvalue weighted by Crippen LogP contribution is 2.12.